The molecule has 2 nitrogen and oxygen atoms in total. The highest BCUT2D eigenvalue weighted by Gasteiger charge is 2.20. The molecule has 1 saturated carbocycles. The molecule has 13 heavy (non-hydrogen) atoms. The quantitative estimate of drug-likeness (QED) is 0.710. The van der Waals surface area contributed by atoms with Crippen molar-refractivity contribution in [3.05, 3.63) is 22.4 Å². The second-order valence-electron chi connectivity index (χ2n) is 3.35. The van der Waals surface area contributed by atoms with Crippen molar-refractivity contribution in [2.24, 2.45) is 0 Å². The molecule has 1 fully saturated rings. The van der Waals surface area contributed by atoms with E-state index in [-0.39, 0.29) is 0 Å². The van der Waals surface area contributed by atoms with Crippen LogP contribution in [0.15, 0.2) is 10.7 Å². The zero-order valence-corrected chi connectivity index (χ0v) is 8.72. The van der Waals surface area contributed by atoms with Crippen molar-refractivity contribution in [1.29, 1.82) is 0 Å². The molecule has 1 aromatic heterocycles. The molecular weight excluding hydrogens is 235 g/mol. The van der Waals surface area contributed by atoms with Crippen LogP contribution in [0.4, 0.5) is 4.39 Å². The van der Waals surface area contributed by atoms with Gasteiger partial charge in [0.2, 0.25) is 5.95 Å². The van der Waals surface area contributed by atoms with Gasteiger partial charge in [-0.1, -0.05) is 12.8 Å². The van der Waals surface area contributed by atoms with E-state index in [1.807, 2.05) is 0 Å². The fourth-order valence-electron chi connectivity index (χ4n) is 1.74. The van der Waals surface area contributed by atoms with Gasteiger partial charge in [-0.25, -0.2) is 9.97 Å². The molecule has 70 valence electrons. The predicted octanol–water partition coefficient (Wildman–Crippen LogP) is 3.04. The van der Waals surface area contributed by atoms with E-state index < -0.39 is 5.95 Å². The fourth-order valence-corrected chi connectivity index (χ4v) is 1.93. The standard InChI is InChI=1S/C9H10BrFN2/c10-7-5-12-9(13-8(7)11)6-3-1-2-4-6/h5-6H,1-4H2. The van der Waals surface area contributed by atoms with Crippen molar-refractivity contribution in [2.45, 2.75) is 31.6 Å². The predicted molar refractivity (Wildman–Crippen MR) is 50.9 cm³/mol. The first-order chi connectivity index (χ1) is 6.27. The van der Waals surface area contributed by atoms with E-state index in [2.05, 4.69) is 25.9 Å². The van der Waals surface area contributed by atoms with Crippen molar-refractivity contribution in [2.75, 3.05) is 0 Å². The van der Waals surface area contributed by atoms with E-state index in [4.69, 9.17) is 0 Å². The molecule has 0 aliphatic heterocycles. The topological polar surface area (TPSA) is 25.8 Å². The van der Waals surface area contributed by atoms with E-state index in [1.54, 1.807) is 0 Å². The number of nitrogens with zero attached hydrogens (tertiary/aromatic N) is 2. The summed E-state index contributed by atoms with van der Waals surface area (Å²) in [7, 11) is 0. The molecule has 0 bridgehead atoms. The molecule has 1 aliphatic rings. The van der Waals surface area contributed by atoms with Gasteiger partial charge < -0.3 is 0 Å². The molecule has 1 aliphatic carbocycles. The van der Waals surface area contributed by atoms with Crippen molar-refractivity contribution < 1.29 is 4.39 Å². The van der Waals surface area contributed by atoms with Gasteiger partial charge in [0, 0.05) is 12.1 Å². The fraction of sp³-hybridized carbons (Fsp3) is 0.556. The summed E-state index contributed by atoms with van der Waals surface area (Å²) in [5, 5.41) is 0. The Labute approximate surface area is 84.7 Å². The maximum atomic E-state index is 13.0. The van der Waals surface area contributed by atoms with Crippen molar-refractivity contribution in [1.82, 2.24) is 9.97 Å². The Kier molecular flexibility index (Phi) is 2.58. The highest BCUT2D eigenvalue weighted by atomic mass is 79.9. The molecule has 0 atom stereocenters. The van der Waals surface area contributed by atoms with Crippen LogP contribution < -0.4 is 0 Å². The third-order valence-electron chi connectivity index (χ3n) is 2.44. The van der Waals surface area contributed by atoms with Crippen LogP contribution >= 0.6 is 15.9 Å². The Bertz CT molecular complexity index is 310. The summed E-state index contributed by atoms with van der Waals surface area (Å²) < 4.78 is 13.4. The van der Waals surface area contributed by atoms with Gasteiger partial charge in [-0.2, -0.15) is 4.39 Å². The monoisotopic (exact) mass is 244 g/mol. The van der Waals surface area contributed by atoms with Crippen molar-refractivity contribution in [3.8, 4) is 0 Å². The normalized spacial score (nSPS) is 18.0. The van der Waals surface area contributed by atoms with Crippen LogP contribution in [0, 0.1) is 5.95 Å². The molecule has 0 N–H and O–H groups in total. The summed E-state index contributed by atoms with van der Waals surface area (Å²) in [5.41, 5.74) is 0. The summed E-state index contributed by atoms with van der Waals surface area (Å²) in [6.45, 7) is 0. The zero-order valence-electron chi connectivity index (χ0n) is 7.13. The highest BCUT2D eigenvalue weighted by molar-refractivity contribution is 9.10. The summed E-state index contributed by atoms with van der Waals surface area (Å²) in [6.07, 6.45) is 6.12. The first kappa shape index (κ1) is 9.06. The maximum Gasteiger partial charge on any atom is 0.230 e. The second kappa shape index (κ2) is 3.70. The number of rotatable bonds is 1. The Morgan fingerprint density at radius 1 is 1.38 bits per heavy atom. The molecule has 0 spiro atoms. The lowest BCUT2D eigenvalue weighted by Gasteiger charge is -2.06. The summed E-state index contributed by atoms with van der Waals surface area (Å²) in [4.78, 5) is 7.95. The average Bonchev–Trinajstić information content (AvgIpc) is 2.62. The molecule has 2 rings (SSSR count). The molecular formula is C9H10BrFN2. The SMILES string of the molecule is Fc1nc(C2CCCC2)ncc1Br. The van der Waals surface area contributed by atoms with E-state index in [0.29, 0.717) is 16.2 Å². The molecule has 0 saturated heterocycles. The Morgan fingerprint density at radius 2 is 2.08 bits per heavy atom. The van der Waals surface area contributed by atoms with Crippen LogP contribution in [0.2, 0.25) is 0 Å². The first-order valence-corrected chi connectivity index (χ1v) is 5.24. The largest absolute Gasteiger partial charge is 0.240 e. The molecule has 0 aromatic carbocycles. The van der Waals surface area contributed by atoms with Crippen molar-refractivity contribution in [3.63, 3.8) is 0 Å². The van der Waals surface area contributed by atoms with Crippen LogP contribution in [0.5, 0.6) is 0 Å². The summed E-state index contributed by atoms with van der Waals surface area (Å²) in [6, 6.07) is 0. The lowest BCUT2D eigenvalue weighted by molar-refractivity contribution is 0.545. The Hall–Kier alpha value is -0.510. The maximum absolute atomic E-state index is 13.0. The van der Waals surface area contributed by atoms with Crippen LogP contribution in [-0.2, 0) is 0 Å². The molecule has 1 heterocycles. The smallest absolute Gasteiger partial charge is 0.230 e. The van der Waals surface area contributed by atoms with Crippen LogP contribution in [0.25, 0.3) is 0 Å². The third-order valence-corrected chi connectivity index (χ3v) is 2.97. The number of aromatic nitrogens is 2. The summed E-state index contributed by atoms with van der Waals surface area (Å²) in [5.74, 6) is 0.595. The zero-order chi connectivity index (χ0) is 9.26. The van der Waals surface area contributed by atoms with Gasteiger partial charge in [0.05, 0.1) is 4.47 Å². The van der Waals surface area contributed by atoms with E-state index in [0.717, 1.165) is 12.8 Å². The van der Waals surface area contributed by atoms with Gasteiger partial charge in [0.25, 0.3) is 0 Å². The average molecular weight is 245 g/mol. The van der Waals surface area contributed by atoms with Crippen LogP contribution in [0.3, 0.4) is 0 Å². The third kappa shape index (κ3) is 1.88. The minimum Gasteiger partial charge on any atom is -0.240 e. The highest BCUT2D eigenvalue weighted by Crippen LogP contribution is 2.32. The second-order valence-corrected chi connectivity index (χ2v) is 4.20. The summed E-state index contributed by atoms with van der Waals surface area (Å²) >= 11 is 3.04. The van der Waals surface area contributed by atoms with E-state index >= 15 is 0 Å². The van der Waals surface area contributed by atoms with Gasteiger partial charge in [0.15, 0.2) is 0 Å². The van der Waals surface area contributed by atoms with Crippen molar-refractivity contribution >= 4 is 15.9 Å². The van der Waals surface area contributed by atoms with Gasteiger partial charge in [-0.3, -0.25) is 0 Å². The number of halogens is 2. The lowest BCUT2D eigenvalue weighted by Crippen LogP contribution is -2.02. The molecule has 4 heteroatoms. The molecule has 0 radical (unpaired) electrons. The lowest BCUT2D eigenvalue weighted by atomic mass is 10.1. The van der Waals surface area contributed by atoms with Gasteiger partial charge in [-0.15, -0.1) is 0 Å². The van der Waals surface area contributed by atoms with Crippen LogP contribution in [0.1, 0.15) is 37.4 Å². The first-order valence-electron chi connectivity index (χ1n) is 4.45. The Morgan fingerprint density at radius 3 is 2.69 bits per heavy atom. The Balaban J connectivity index is 2.25. The number of hydrogen-bond acceptors (Lipinski definition) is 2. The molecule has 0 amide bonds. The van der Waals surface area contributed by atoms with E-state index in [9.17, 15) is 4.39 Å². The van der Waals surface area contributed by atoms with Gasteiger partial charge >= 0.3 is 0 Å². The van der Waals surface area contributed by atoms with Crippen LogP contribution in [-0.4, -0.2) is 9.97 Å². The molecule has 0 unspecified atom stereocenters. The number of hydrogen-bond donors (Lipinski definition) is 0. The van der Waals surface area contributed by atoms with Gasteiger partial charge in [-0.05, 0) is 28.8 Å². The minimum absolute atomic E-state index is 0.342. The van der Waals surface area contributed by atoms with Gasteiger partial charge in [0.1, 0.15) is 5.82 Å². The minimum atomic E-state index is -0.447. The van der Waals surface area contributed by atoms with E-state index in [1.165, 1.54) is 19.0 Å². The molecule has 1 aromatic rings.